The standard InChI is InChI=1S/2C19H12N4S2/c1-4-10-14-11(5-1)23-17-13(7-3-9-21-17)25-19(23)15(14)18-22(10)16-12(24-18)6-2-8-20-16;1-4-10-14-11(5-1)23-13-7-3-9-21-17(13)25-19(23)15(14)18-22(10)12-6-2-8-20-16(12)24-18/h2*1-9,15,18-19H. The van der Waals surface area contributed by atoms with Gasteiger partial charge in [0.25, 0.3) is 0 Å². The summed E-state index contributed by atoms with van der Waals surface area (Å²) < 4.78 is 0. The van der Waals surface area contributed by atoms with Crippen LogP contribution in [-0.4, -0.2) is 41.4 Å². The molecule has 4 aromatic heterocycles. The highest BCUT2D eigenvalue weighted by molar-refractivity contribution is 8.02. The molecule has 4 atom stereocenters. The molecule has 12 heterocycles. The molecule has 0 bridgehead atoms. The number of nitrogens with zero attached hydrogens (tertiary/aromatic N) is 8. The molecule has 50 heavy (non-hydrogen) atoms. The third-order valence-electron chi connectivity index (χ3n) is 11.0. The summed E-state index contributed by atoms with van der Waals surface area (Å²) in [6, 6.07) is 30.4. The molecule has 4 unspecified atom stereocenters. The van der Waals surface area contributed by atoms with Gasteiger partial charge in [-0.2, -0.15) is 0 Å². The number of hydrogen-bond donors (Lipinski definition) is 0. The van der Waals surface area contributed by atoms with Gasteiger partial charge in [-0.1, -0.05) is 59.2 Å². The molecule has 12 heteroatoms. The number of hydrogen-bond acceptors (Lipinski definition) is 12. The van der Waals surface area contributed by atoms with E-state index in [1.54, 1.807) is 0 Å². The van der Waals surface area contributed by atoms with E-state index in [9.17, 15) is 0 Å². The predicted molar refractivity (Wildman–Crippen MR) is 202 cm³/mol. The second-order valence-electron chi connectivity index (χ2n) is 13.3. The smallest absolute Gasteiger partial charge is 0.147 e. The molecule has 240 valence electrons. The van der Waals surface area contributed by atoms with Crippen LogP contribution in [0, 0.1) is 0 Å². The number of aromatic nitrogens is 4. The molecule has 0 N–H and O–H groups in total. The van der Waals surface area contributed by atoms with E-state index in [1.807, 2.05) is 96.1 Å². The molecule has 0 radical (unpaired) electrons. The molecule has 8 aliphatic rings. The van der Waals surface area contributed by atoms with Crippen LogP contribution in [0.4, 0.5) is 45.8 Å². The number of anilines is 8. The molecular weight excluding hydrogens is 697 g/mol. The zero-order valence-electron chi connectivity index (χ0n) is 26.1. The van der Waals surface area contributed by atoms with Crippen molar-refractivity contribution in [2.75, 3.05) is 19.6 Å². The van der Waals surface area contributed by atoms with Crippen LogP contribution in [0.2, 0.25) is 0 Å². The Kier molecular flexibility index (Phi) is 5.31. The van der Waals surface area contributed by atoms with Crippen molar-refractivity contribution in [3.8, 4) is 0 Å². The topological polar surface area (TPSA) is 64.5 Å². The largest absolute Gasteiger partial charge is 0.325 e. The van der Waals surface area contributed by atoms with Crippen molar-refractivity contribution in [1.29, 1.82) is 0 Å². The highest BCUT2D eigenvalue weighted by Gasteiger charge is 2.59. The van der Waals surface area contributed by atoms with E-state index < -0.39 is 0 Å². The van der Waals surface area contributed by atoms with Gasteiger partial charge in [0.1, 0.15) is 21.7 Å². The van der Waals surface area contributed by atoms with Gasteiger partial charge in [-0.25, -0.2) is 19.9 Å². The average molecular weight is 721 g/mol. The molecule has 0 fully saturated rings. The van der Waals surface area contributed by atoms with Crippen LogP contribution < -0.4 is 19.6 Å². The SMILES string of the molecule is c1cnc2c(c1)N1c3cccc4c3C(C1S2)C1Sc2ncccc2N41.c1cnc2c(c1)SC1C3c4c(cccc4N4c5ncccc5SC34)N21. The van der Waals surface area contributed by atoms with E-state index in [2.05, 4.69) is 100 Å². The molecule has 0 amide bonds. The summed E-state index contributed by atoms with van der Waals surface area (Å²) in [5.74, 6) is 3.16. The third-order valence-corrected chi connectivity index (χ3v) is 16.2. The van der Waals surface area contributed by atoms with Crippen LogP contribution in [-0.2, 0) is 0 Å². The van der Waals surface area contributed by atoms with Crippen LogP contribution in [0.25, 0.3) is 0 Å². The maximum absolute atomic E-state index is 4.69. The summed E-state index contributed by atoms with van der Waals surface area (Å²) >= 11 is 7.74. The van der Waals surface area contributed by atoms with Crippen molar-refractivity contribution >= 4 is 92.8 Å². The summed E-state index contributed by atoms with van der Waals surface area (Å²) in [5.41, 5.74) is 10.8. The summed E-state index contributed by atoms with van der Waals surface area (Å²) in [5, 5.41) is 3.85. The first-order chi connectivity index (χ1) is 24.8. The molecule has 0 saturated heterocycles. The monoisotopic (exact) mass is 720 g/mol. The summed E-state index contributed by atoms with van der Waals surface area (Å²) in [6.45, 7) is 0. The Labute approximate surface area is 304 Å². The molecule has 0 spiro atoms. The van der Waals surface area contributed by atoms with Crippen LogP contribution in [0.3, 0.4) is 0 Å². The minimum atomic E-state index is 0.387. The summed E-state index contributed by atoms with van der Waals surface area (Å²) in [6.07, 6.45) is 7.61. The maximum Gasteiger partial charge on any atom is 0.147 e. The number of thioether (sulfide) groups is 4. The first kappa shape index (κ1) is 27.4. The highest BCUT2D eigenvalue weighted by atomic mass is 32.2. The van der Waals surface area contributed by atoms with Gasteiger partial charge in [-0.05, 0) is 72.8 Å². The molecular formula is C38H24N8S4. The Balaban J connectivity index is 0.000000110. The number of fused-ring (bicyclic) bond motifs is 20. The Morgan fingerprint density at radius 1 is 0.380 bits per heavy atom. The summed E-state index contributed by atoms with van der Waals surface area (Å²) in [4.78, 5) is 31.1. The second-order valence-corrected chi connectivity index (χ2v) is 17.8. The summed E-state index contributed by atoms with van der Waals surface area (Å²) in [7, 11) is 0. The van der Waals surface area contributed by atoms with Gasteiger partial charge in [-0.15, -0.1) is 0 Å². The zero-order valence-corrected chi connectivity index (χ0v) is 29.3. The predicted octanol–water partition coefficient (Wildman–Crippen LogP) is 9.45. The molecule has 14 rings (SSSR count). The molecule has 8 aliphatic heterocycles. The van der Waals surface area contributed by atoms with Crippen molar-refractivity contribution in [3.63, 3.8) is 0 Å². The Morgan fingerprint density at radius 2 is 0.760 bits per heavy atom. The maximum atomic E-state index is 4.69. The second kappa shape index (κ2) is 9.70. The highest BCUT2D eigenvalue weighted by Crippen LogP contribution is 2.70. The van der Waals surface area contributed by atoms with Crippen molar-refractivity contribution in [1.82, 2.24) is 19.9 Å². The minimum absolute atomic E-state index is 0.387. The van der Waals surface area contributed by atoms with Crippen molar-refractivity contribution in [2.24, 2.45) is 0 Å². The van der Waals surface area contributed by atoms with Crippen molar-refractivity contribution < 1.29 is 0 Å². The van der Waals surface area contributed by atoms with Gasteiger partial charge >= 0.3 is 0 Å². The Hall–Kier alpha value is -4.36. The van der Waals surface area contributed by atoms with E-state index in [-0.39, 0.29) is 0 Å². The normalized spacial score (nSPS) is 26.3. The fourth-order valence-electron chi connectivity index (χ4n) is 9.27. The van der Waals surface area contributed by atoms with Crippen molar-refractivity contribution in [2.45, 2.75) is 53.2 Å². The van der Waals surface area contributed by atoms with Crippen LogP contribution in [0.1, 0.15) is 23.0 Å². The van der Waals surface area contributed by atoms with Crippen LogP contribution >= 0.6 is 47.0 Å². The minimum Gasteiger partial charge on any atom is -0.325 e. The molecule has 2 aromatic carbocycles. The van der Waals surface area contributed by atoms with E-state index in [1.165, 1.54) is 55.0 Å². The lowest BCUT2D eigenvalue weighted by Crippen LogP contribution is -2.32. The third kappa shape index (κ3) is 3.28. The van der Waals surface area contributed by atoms with E-state index in [0.29, 0.717) is 33.3 Å². The quantitative estimate of drug-likeness (QED) is 0.150. The molecule has 0 aliphatic carbocycles. The first-order valence-corrected chi connectivity index (χ1v) is 20.2. The van der Waals surface area contributed by atoms with Gasteiger partial charge in [0.2, 0.25) is 0 Å². The van der Waals surface area contributed by atoms with Crippen LogP contribution in [0.15, 0.2) is 130 Å². The lowest BCUT2D eigenvalue weighted by molar-refractivity contribution is 0.697. The van der Waals surface area contributed by atoms with E-state index in [4.69, 9.17) is 0 Å². The lowest BCUT2D eigenvalue weighted by Gasteiger charge is -2.28. The van der Waals surface area contributed by atoms with E-state index >= 15 is 0 Å². The van der Waals surface area contributed by atoms with Crippen LogP contribution in [0.5, 0.6) is 0 Å². The zero-order chi connectivity index (χ0) is 32.2. The lowest BCUT2D eigenvalue weighted by atomic mass is 10.0. The van der Waals surface area contributed by atoms with Crippen molar-refractivity contribution in [3.05, 3.63) is 121 Å². The number of rotatable bonds is 0. The molecule has 8 nitrogen and oxygen atoms in total. The number of pyridine rings is 4. The Bertz CT molecular complexity index is 2150. The van der Waals surface area contributed by atoms with E-state index in [0.717, 1.165) is 21.7 Å². The molecule has 0 saturated carbocycles. The molecule has 6 aromatic rings. The fraction of sp³-hybridized carbons (Fsp3) is 0.158. The number of benzene rings is 2. The average Bonchev–Trinajstić information content (AvgIpc) is 4.01. The van der Waals surface area contributed by atoms with Gasteiger partial charge < -0.3 is 19.6 Å². The van der Waals surface area contributed by atoms with Gasteiger partial charge in [0.05, 0.1) is 42.7 Å². The fourth-order valence-corrected chi connectivity index (χ4v) is 15.1. The first-order valence-electron chi connectivity index (χ1n) is 16.7. The Morgan fingerprint density at radius 3 is 1.24 bits per heavy atom. The van der Waals surface area contributed by atoms with Gasteiger partial charge in [0.15, 0.2) is 0 Å². The van der Waals surface area contributed by atoms with Gasteiger partial charge in [0, 0.05) is 70.5 Å². The van der Waals surface area contributed by atoms with Gasteiger partial charge in [-0.3, -0.25) is 0 Å².